The van der Waals surface area contributed by atoms with Crippen LogP contribution in [0.5, 0.6) is 11.5 Å². The number of phenols is 1. The fourth-order valence-electron chi connectivity index (χ4n) is 2.08. The molecule has 0 heterocycles. The first-order valence-corrected chi connectivity index (χ1v) is 8.70. The average Bonchev–Trinajstić information content (AvgIpc) is 2.68. The molecule has 0 atom stereocenters. The van der Waals surface area contributed by atoms with Crippen molar-refractivity contribution in [1.29, 1.82) is 0 Å². The van der Waals surface area contributed by atoms with Crippen LogP contribution >= 0.6 is 0 Å². The molecule has 0 aliphatic carbocycles. The lowest BCUT2D eigenvalue weighted by Crippen LogP contribution is -2.34. The summed E-state index contributed by atoms with van der Waals surface area (Å²) in [5.41, 5.74) is 3.49. The highest BCUT2D eigenvalue weighted by atomic mass is 16.5. The van der Waals surface area contributed by atoms with Gasteiger partial charge >= 0.3 is 0 Å². The summed E-state index contributed by atoms with van der Waals surface area (Å²) in [4.78, 5) is 23.8. The number of nitrogens with one attached hydrogen (secondary N) is 2. The van der Waals surface area contributed by atoms with Crippen molar-refractivity contribution in [1.82, 2.24) is 10.7 Å². The zero-order chi connectivity index (χ0) is 19.5. The second kappa shape index (κ2) is 10.6. The molecular weight excluding hydrogens is 346 g/mol. The Morgan fingerprint density at radius 2 is 1.81 bits per heavy atom. The highest BCUT2D eigenvalue weighted by molar-refractivity contribution is 5.96. The van der Waals surface area contributed by atoms with Gasteiger partial charge in [0.25, 0.3) is 11.8 Å². The summed E-state index contributed by atoms with van der Waals surface area (Å²) in [6, 6.07) is 13.1. The molecule has 2 amide bonds. The average molecular weight is 369 g/mol. The highest BCUT2D eigenvalue weighted by Crippen LogP contribution is 2.12. The van der Waals surface area contributed by atoms with Gasteiger partial charge in [0.15, 0.2) is 0 Å². The van der Waals surface area contributed by atoms with E-state index in [2.05, 4.69) is 22.8 Å². The molecule has 2 aromatic rings. The van der Waals surface area contributed by atoms with Gasteiger partial charge in [-0.05, 0) is 60.5 Å². The molecule has 7 heteroatoms. The molecule has 0 aromatic heterocycles. The van der Waals surface area contributed by atoms with E-state index in [9.17, 15) is 14.7 Å². The van der Waals surface area contributed by atoms with Crippen LogP contribution in [-0.2, 0) is 4.79 Å². The lowest BCUT2D eigenvalue weighted by atomic mass is 10.2. The quantitative estimate of drug-likeness (QED) is 0.359. The minimum atomic E-state index is -0.446. The summed E-state index contributed by atoms with van der Waals surface area (Å²) in [5.74, 6) is 0.0615. The van der Waals surface area contributed by atoms with E-state index in [0.29, 0.717) is 17.9 Å². The van der Waals surface area contributed by atoms with E-state index < -0.39 is 5.91 Å². The van der Waals surface area contributed by atoms with Crippen LogP contribution in [0.2, 0.25) is 0 Å². The number of amides is 2. The number of hydrazone groups is 1. The van der Waals surface area contributed by atoms with Crippen molar-refractivity contribution >= 4 is 18.0 Å². The SMILES string of the molecule is CCCCOc1ccc(C(=O)NCC(=O)N/N=C\c2ccc(O)cc2)cc1. The summed E-state index contributed by atoms with van der Waals surface area (Å²) >= 11 is 0. The molecule has 0 bridgehead atoms. The Kier molecular flexibility index (Phi) is 7.84. The molecule has 0 saturated carbocycles. The largest absolute Gasteiger partial charge is 0.508 e. The minimum absolute atomic E-state index is 0.152. The Morgan fingerprint density at radius 1 is 1.11 bits per heavy atom. The third-order valence-electron chi connectivity index (χ3n) is 3.59. The maximum absolute atomic E-state index is 12.1. The second-order valence-corrected chi connectivity index (χ2v) is 5.79. The number of benzene rings is 2. The Balaban J connectivity index is 1.74. The van der Waals surface area contributed by atoms with Crippen molar-refractivity contribution in [2.45, 2.75) is 19.8 Å². The normalized spacial score (nSPS) is 10.6. The van der Waals surface area contributed by atoms with Gasteiger partial charge in [-0.1, -0.05) is 13.3 Å². The number of rotatable bonds is 9. The molecule has 3 N–H and O–H groups in total. The summed E-state index contributed by atoms with van der Waals surface area (Å²) in [6.45, 7) is 2.54. The van der Waals surface area contributed by atoms with Crippen molar-refractivity contribution in [2.24, 2.45) is 5.10 Å². The first-order chi connectivity index (χ1) is 13.1. The number of hydrogen-bond acceptors (Lipinski definition) is 5. The standard InChI is InChI=1S/C20H23N3O4/c1-2-3-12-27-18-10-6-16(7-11-18)20(26)21-14-19(25)23-22-13-15-4-8-17(24)9-5-15/h4-11,13,24H,2-3,12,14H2,1H3,(H,21,26)(H,23,25)/b22-13-. The fourth-order valence-corrected chi connectivity index (χ4v) is 2.08. The van der Waals surface area contributed by atoms with Crippen LogP contribution < -0.4 is 15.5 Å². The Hall–Kier alpha value is -3.35. The van der Waals surface area contributed by atoms with Crippen molar-refractivity contribution in [3.63, 3.8) is 0 Å². The molecule has 0 fully saturated rings. The first-order valence-electron chi connectivity index (χ1n) is 8.70. The number of ether oxygens (including phenoxy) is 1. The Bertz CT molecular complexity index is 771. The number of hydrogen-bond donors (Lipinski definition) is 3. The van der Waals surface area contributed by atoms with Crippen LogP contribution in [0.25, 0.3) is 0 Å². The molecule has 0 aliphatic heterocycles. The second-order valence-electron chi connectivity index (χ2n) is 5.79. The fraction of sp³-hybridized carbons (Fsp3) is 0.250. The zero-order valence-corrected chi connectivity index (χ0v) is 15.1. The number of carbonyl (C=O) groups excluding carboxylic acids is 2. The maximum Gasteiger partial charge on any atom is 0.259 e. The third kappa shape index (κ3) is 7.19. The van der Waals surface area contributed by atoms with Gasteiger partial charge in [-0.25, -0.2) is 5.43 Å². The Labute approximate surface area is 158 Å². The van der Waals surface area contributed by atoms with Gasteiger partial charge < -0.3 is 15.2 Å². The molecule has 0 saturated heterocycles. The van der Waals surface area contributed by atoms with E-state index in [-0.39, 0.29) is 18.2 Å². The van der Waals surface area contributed by atoms with Gasteiger partial charge in [0, 0.05) is 5.56 Å². The first kappa shape index (κ1) is 20.0. The summed E-state index contributed by atoms with van der Waals surface area (Å²) < 4.78 is 5.54. The molecule has 0 unspecified atom stereocenters. The highest BCUT2D eigenvalue weighted by Gasteiger charge is 2.07. The van der Waals surface area contributed by atoms with E-state index in [0.717, 1.165) is 18.4 Å². The van der Waals surface area contributed by atoms with Crippen molar-refractivity contribution in [3.05, 3.63) is 59.7 Å². The monoisotopic (exact) mass is 369 g/mol. The van der Waals surface area contributed by atoms with Gasteiger partial charge in [0.1, 0.15) is 11.5 Å². The van der Waals surface area contributed by atoms with Gasteiger partial charge in [0.2, 0.25) is 0 Å². The van der Waals surface area contributed by atoms with E-state index in [4.69, 9.17) is 4.74 Å². The van der Waals surface area contributed by atoms with Crippen LogP contribution in [0.3, 0.4) is 0 Å². The lowest BCUT2D eigenvalue weighted by Gasteiger charge is -2.07. The molecule has 0 aliphatic rings. The van der Waals surface area contributed by atoms with Gasteiger partial charge in [-0.3, -0.25) is 9.59 Å². The number of phenolic OH excluding ortho intramolecular Hbond substituents is 1. The lowest BCUT2D eigenvalue weighted by molar-refractivity contribution is -0.120. The van der Waals surface area contributed by atoms with Crippen LogP contribution in [0, 0.1) is 0 Å². The molecule has 0 radical (unpaired) electrons. The van der Waals surface area contributed by atoms with Crippen LogP contribution in [0.4, 0.5) is 0 Å². The van der Waals surface area contributed by atoms with E-state index >= 15 is 0 Å². The summed E-state index contributed by atoms with van der Waals surface area (Å²) in [5, 5.41) is 15.5. The van der Waals surface area contributed by atoms with Crippen molar-refractivity contribution in [2.75, 3.05) is 13.2 Å². The summed E-state index contributed by atoms with van der Waals surface area (Å²) in [6.07, 6.45) is 3.48. The van der Waals surface area contributed by atoms with E-state index in [1.54, 1.807) is 36.4 Å². The van der Waals surface area contributed by atoms with Crippen LogP contribution in [-0.4, -0.2) is 36.3 Å². The topological polar surface area (TPSA) is 100 Å². The van der Waals surface area contributed by atoms with Crippen LogP contribution in [0.1, 0.15) is 35.7 Å². The van der Waals surface area contributed by atoms with E-state index in [1.165, 1.54) is 18.3 Å². The van der Waals surface area contributed by atoms with Gasteiger partial charge in [-0.2, -0.15) is 5.10 Å². The number of unbranched alkanes of at least 4 members (excludes halogenated alkanes) is 1. The predicted molar refractivity (Wildman–Crippen MR) is 103 cm³/mol. The minimum Gasteiger partial charge on any atom is -0.508 e. The van der Waals surface area contributed by atoms with Crippen molar-refractivity contribution in [3.8, 4) is 11.5 Å². The molecule has 0 spiro atoms. The zero-order valence-electron chi connectivity index (χ0n) is 15.1. The van der Waals surface area contributed by atoms with Gasteiger partial charge in [0.05, 0.1) is 19.4 Å². The predicted octanol–water partition coefficient (Wildman–Crippen LogP) is 2.45. The molecule has 7 nitrogen and oxygen atoms in total. The molecule has 142 valence electrons. The maximum atomic E-state index is 12.1. The molecular formula is C20H23N3O4. The van der Waals surface area contributed by atoms with Crippen molar-refractivity contribution < 1.29 is 19.4 Å². The molecule has 2 aromatic carbocycles. The third-order valence-corrected chi connectivity index (χ3v) is 3.59. The Morgan fingerprint density at radius 3 is 2.48 bits per heavy atom. The van der Waals surface area contributed by atoms with Gasteiger partial charge in [-0.15, -0.1) is 0 Å². The number of carbonyl (C=O) groups is 2. The van der Waals surface area contributed by atoms with Crippen LogP contribution in [0.15, 0.2) is 53.6 Å². The number of aromatic hydroxyl groups is 1. The molecule has 27 heavy (non-hydrogen) atoms. The van der Waals surface area contributed by atoms with E-state index in [1.807, 2.05) is 0 Å². The summed E-state index contributed by atoms with van der Waals surface area (Å²) in [7, 11) is 0. The number of nitrogens with zero attached hydrogens (tertiary/aromatic N) is 1. The smallest absolute Gasteiger partial charge is 0.259 e. The molecule has 2 rings (SSSR count).